The highest BCUT2D eigenvalue weighted by Gasteiger charge is 2.24. The number of aliphatic carboxylic acids is 1. The van der Waals surface area contributed by atoms with Gasteiger partial charge in [0.2, 0.25) is 5.89 Å². The van der Waals surface area contributed by atoms with Crippen LogP contribution in [0.5, 0.6) is 0 Å². The van der Waals surface area contributed by atoms with Crippen LogP contribution >= 0.6 is 0 Å². The van der Waals surface area contributed by atoms with Gasteiger partial charge in [0.25, 0.3) is 11.7 Å². The van der Waals surface area contributed by atoms with Crippen LogP contribution in [-0.4, -0.2) is 40.2 Å². The zero-order valence-electron chi connectivity index (χ0n) is 10.5. The fraction of sp³-hybridized carbons (Fsp3) is 0.636. The monoisotopic (exact) mass is 268 g/mol. The Bertz CT molecular complexity index is 467. The summed E-state index contributed by atoms with van der Waals surface area (Å²) < 4.78 is 5.02. The molecule has 0 aromatic carbocycles. The summed E-state index contributed by atoms with van der Waals surface area (Å²) in [7, 11) is 0. The van der Waals surface area contributed by atoms with Crippen molar-refractivity contribution in [3.8, 4) is 0 Å². The van der Waals surface area contributed by atoms with Gasteiger partial charge < -0.3 is 20.3 Å². The van der Waals surface area contributed by atoms with Crippen molar-refractivity contribution < 1.29 is 19.2 Å². The molecule has 2 atom stereocenters. The van der Waals surface area contributed by atoms with E-state index in [1.165, 1.54) is 6.92 Å². The summed E-state index contributed by atoms with van der Waals surface area (Å²) in [5.41, 5.74) is 0. The van der Waals surface area contributed by atoms with E-state index < -0.39 is 17.8 Å². The van der Waals surface area contributed by atoms with Crippen molar-refractivity contribution in [1.29, 1.82) is 0 Å². The second kappa shape index (κ2) is 5.79. The van der Waals surface area contributed by atoms with Crippen LogP contribution in [0.15, 0.2) is 4.52 Å². The number of carboxylic acid groups (broad SMARTS) is 1. The molecule has 1 aliphatic heterocycles. The molecule has 2 unspecified atom stereocenters. The average Bonchev–Trinajstić information content (AvgIpc) is 3.04. The van der Waals surface area contributed by atoms with Crippen molar-refractivity contribution in [3.05, 3.63) is 11.7 Å². The van der Waals surface area contributed by atoms with E-state index in [9.17, 15) is 9.59 Å². The Labute approximate surface area is 109 Å². The molecule has 1 aromatic rings. The number of nitrogens with zero attached hydrogens (tertiary/aromatic N) is 2. The number of hydrogen-bond donors (Lipinski definition) is 3. The first-order valence-electron chi connectivity index (χ1n) is 6.16. The molecule has 8 heteroatoms. The topological polar surface area (TPSA) is 117 Å². The molecule has 0 spiro atoms. The van der Waals surface area contributed by atoms with Gasteiger partial charge in [-0.05, 0) is 19.4 Å². The van der Waals surface area contributed by atoms with Crippen molar-refractivity contribution in [2.24, 2.45) is 5.92 Å². The van der Waals surface area contributed by atoms with E-state index >= 15 is 0 Å². The molecule has 1 amide bonds. The van der Waals surface area contributed by atoms with E-state index in [0.29, 0.717) is 5.89 Å². The molecule has 0 aliphatic carbocycles. The van der Waals surface area contributed by atoms with E-state index in [4.69, 9.17) is 9.63 Å². The first-order valence-corrected chi connectivity index (χ1v) is 6.16. The Morgan fingerprint density at radius 1 is 1.63 bits per heavy atom. The Morgan fingerprint density at radius 3 is 3.05 bits per heavy atom. The Hall–Kier alpha value is -1.96. The van der Waals surface area contributed by atoms with E-state index in [1.807, 2.05) is 0 Å². The van der Waals surface area contributed by atoms with Gasteiger partial charge in [0, 0.05) is 6.54 Å². The number of carbonyl (C=O) groups excluding carboxylic acids is 1. The van der Waals surface area contributed by atoms with Crippen molar-refractivity contribution in [2.75, 3.05) is 13.1 Å². The fourth-order valence-electron chi connectivity index (χ4n) is 1.78. The summed E-state index contributed by atoms with van der Waals surface area (Å²) in [6, 6.07) is 0.00648. The summed E-state index contributed by atoms with van der Waals surface area (Å²) in [4.78, 5) is 26.3. The molecule has 8 nitrogen and oxygen atoms in total. The van der Waals surface area contributed by atoms with Crippen LogP contribution in [0.2, 0.25) is 0 Å². The van der Waals surface area contributed by atoms with Crippen molar-refractivity contribution in [1.82, 2.24) is 20.8 Å². The lowest BCUT2D eigenvalue weighted by Gasteiger charge is -2.05. The molecule has 2 rings (SSSR count). The largest absolute Gasteiger partial charge is 0.481 e. The predicted molar refractivity (Wildman–Crippen MR) is 63.4 cm³/mol. The molecule has 104 valence electrons. The third kappa shape index (κ3) is 3.28. The van der Waals surface area contributed by atoms with Crippen LogP contribution in [-0.2, 0) is 4.79 Å². The van der Waals surface area contributed by atoms with E-state index in [-0.39, 0.29) is 18.4 Å². The maximum Gasteiger partial charge on any atom is 0.308 e. The summed E-state index contributed by atoms with van der Waals surface area (Å²) in [6.45, 7) is 2.43. The number of aromatic nitrogens is 2. The van der Waals surface area contributed by atoms with Gasteiger partial charge in [0.1, 0.15) is 0 Å². The Morgan fingerprint density at radius 2 is 2.42 bits per heavy atom. The second-order valence-corrected chi connectivity index (χ2v) is 4.55. The molecule has 0 radical (unpaired) electrons. The van der Waals surface area contributed by atoms with E-state index in [2.05, 4.69) is 20.8 Å². The van der Waals surface area contributed by atoms with Gasteiger partial charge in [-0.2, -0.15) is 4.98 Å². The van der Waals surface area contributed by atoms with Gasteiger partial charge in [-0.1, -0.05) is 12.1 Å². The van der Waals surface area contributed by atoms with Crippen molar-refractivity contribution in [3.63, 3.8) is 0 Å². The number of hydrogen-bond acceptors (Lipinski definition) is 6. The highest BCUT2D eigenvalue weighted by molar-refractivity contribution is 5.90. The zero-order chi connectivity index (χ0) is 13.8. The van der Waals surface area contributed by atoms with Crippen LogP contribution in [0.25, 0.3) is 0 Å². The molecule has 1 fully saturated rings. The van der Waals surface area contributed by atoms with Gasteiger partial charge in [-0.25, -0.2) is 0 Å². The van der Waals surface area contributed by atoms with Crippen molar-refractivity contribution in [2.45, 2.75) is 25.8 Å². The maximum atomic E-state index is 11.7. The summed E-state index contributed by atoms with van der Waals surface area (Å²) in [5, 5.41) is 17.9. The Balaban J connectivity index is 1.90. The second-order valence-electron chi connectivity index (χ2n) is 4.55. The summed E-state index contributed by atoms with van der Waals surface area (Å²) in [5.74, 6) is -1.83. The molecule has 0 saturated carbocycles. The lowest BCUT2D eigenvalue weighted by Crippen LogP contribution is -2.32. The van der Waals surface area contributed by atoms with Gasteiger partial charge in [-0.15, -0.1) is 0 Å². The smallest absolute Gasteiger partial charge is 0.308 e. The Kier molecular flexibility index (Phi) is 4.10. The van der Waals surface area contributed by atoms with Gasteiger partial charge in [-0.3, -0.25) is 9.59 Å². The molecule has 3 N–H and O–H groups in total. The number of carbonyl (C=O) groups is 2. The first kappa shape index (κ1) is 13.5. The highest BCUT2D eigenvalue weighted by atomic mass is 16.5. The number of carboxylic acids is 1. The number of rotatable bonds is 5. The molecular formula is C11H16N4O4. The normalized spacial score (nSPS) is 20.2. The van der Waals surface area contributed by atoms with E-state index in [0.717, 1.165) is 19.4 Å². The van der Waals surface area contributed by atoms with Gasteiger partial charge >= 0.3 is 5.97 Å². The van der Waals surface area contributed by atoms with Crippen molar-refractivity contribution >= 4 is 11.9 Å². The minimum Gasteiger partial charge on any atom is -0.481 e. The quantitative estimate of drug-likeness (QED) is 0.685. The zero-order valence-corrected chi connectivity index (χ0v) is 10.5. The molecular weight excluding hydrogens is 252 g/mol. The lowest BCUT2D eigenvalue weighted by molar-refractivity contribution is -0.140. The maximum absolute atomic E-state index is 11.7. The summed E-state index contributed by atoms with van der Waals surface area (Å²) >= 11 is 0. The van der Waals surface area contributed by atoms with Gasteiger partial charge in [0.15, 0.2) is 0 Å². The van der Waals surface area contributed by atoms with Crippen LogP contribution < -0.4 is 10.6 Å². The van der Waals surface area contributed by atoms with Crippen LogP contribution in [0.3, 0.4) is 0 Å². The third-order valence-electron chi connectivity index (χ3n) is 2.99. The molecule has 2 heterocycles. The third-order valence-corrected chi connectivity index (χ3v) is 2.99. The minimum absolute atomic E-state index is 0.00648. The van der Waals surface area contributed by atoms with Crippen LogP contribution in [0, 0.1) is 5.92 Å². The SMILES string of the molecule is CC(CNC(=O)c1noc(C2CCCN2)n1)C(=O)O. The summed E-state index contributed by atoms with van der Waals surface area (Å²) in [6.07, 6.45) is 1.93. The molecule has 1 aliphatic rings. The van der Waals surface area contributed by atoms with Gasteiger partial charge in [0.05, 0.1) is 12.0 Å². The molecule has 1 aromatic heterocycles. The molecule has 19 heavy (non-hydrogen) atoms. The fourth-order valence-corrected chi connectivity index (χ4v) is 1.78. The lowest BCUT2D eigenvalue weighted by atomic mass is 10.2. The van der Waals surface area contributed by atoms with E-state index in [1.54, 1.807) is 0 Å². The first-order chi connectivity index (χ1) is 9.08. The minimum atomic E-state index is -0.968. The van der Waals surface area contributed by atoms with Crippen LogP contribution in [0.4, 0.5) is 0 Å². The number of nitrogens with one attached hydrogen (secondary N) is 2. The number of amides is 1. The molecule has 1 saturated heterocycles. The standard InChI is InChI=1S/C11H16N4O4/c1-6(11(17)18)5-13-9(16)8-14-10(19-15-8)7-3-2-4-12-7/h6-7,12H,2-5H2,1H3,(H,13,16)(H,17,18). The average molecular weight is 268 g/mol. The molecule has 0 bridgehead atoms. The van der Waals surface area contributed by atoms with Crippen LogP contribution in [0.1, 0.15) is 42.3 Å². The predicted octanol–water partition coefficient (Wildman–Crippen LogP) is -0.0554. The highest BCUT2D eigenvalue weighted by Crippen LogP contribution is 2.20.